The topological polar surface area (TPSA) is 95.6 Å². The average Bonchev–Trinajstić information content (AvgIpc) is 2.69. The minimum absolute atomic E-state index is 0.00103. The van der Waals surface area contributed by atoms with Crippen LogP contribution in [-0.4, -0.2) is 40.8 Å². The van der Waals surface area contributed by atoms with E-state index < -0.39 is 20.0 Å². The van der Waals surface area contributed by atoms with E-state index in [-0.39, 0.29) is 15.3 Å². The van der Waals surface area contributed by atoms with E-state index in [1.54, 1.807) is 12.1 Å². The first kappa shape index (κ1) is 22.6. The number of sulfonamides is 2. The standard InChI is InChI=1S/C21H29N3O4S2/c1-21(15-7-4-8-16-21)22-19-9-5-6-10-20(19)23-29(25,26)17-11-13-18(14-12-17)30(27,28)24(2)3/h5-6,9-14,22-23H,4,7-8,15-16H2,1-3H3. The van der Waals surface area contributed by atoms with Gasteiger partial charge in [-0.05, 0) is 56.2 Å². The number of benzene rings is 2. The summed E-state index contributed by atoms with van der Waals surface area (Å²) >= 11 is 0. The van der Waals surface area contributed by atoms with E-state index in [4.69, 9.17) is 0 Å². The number of nitrogens with one attached hydrogen (secondary N) is 2. The van der Waals surface area contributed by atoms with Gasteiger partial charge in [-0.15, -0.1) is 0 Å². The molecule has 164 valence electrons. The maximum Gasteiger partial charge on any atom is 0.261 e. The van der Waals surface area contributed by atoms with E-state index in [0.29, 0.717) is 5.69 Å². The Labute approximate surface area is 179 Å². The third kappa shape index (κ3) is 4.96. The molecule has 0 unspecified atom stereocenters. The van der Waals surface area contributed by atoms with Gasteiger partial charge in [0.15, 0.2) is 0 Å². The van der Waals surface area contributed by atoms with Gasteiger partial charge < -0.3 is 5.32 Å². The third-order valence-electron chi connectivity index (χ3n) is 5.48. The Morgan fingerprint density at radius 2 is 1.33 bits per heavy atom. The first-order chi connectivity index (χ1) is 14.0. The van der Waals surface area contributed by atoms with Crippen LogP contribution in [0.5, 0.6) is 0 Å². The lowest BCUT2D eigenvalue weighted by atomic mass is 9.83. The summed E-state index contributed by atoms with van der Waals surface area (Å²) in [5, 5.41) is 3.53. The number of hydrogen-bond acceptors (Lipinski definition) is 5. The molecule has 0 saturated heterocycles. The monoisotopic (exact) mass is 451 g/mol. The molecule has 0 aromatic heterocycles. The van der Waals surface area contributed by atoms with Gasteiger partial charge in [0.05, 0.1) is 21.2 Å². The molecule has 0 spiro atoms. The second-order valence-corrected chi connectivity index (χ2v) is 12.0. The van der Waals surface area contributed by atoms with Gasteiger partial charge in [0, 0.05) is 19.6 Å². The Morgan fingerprint density at radius 1 is 0.800 bits per heavy atom. The van der Waals surface area contributed by atoms with Gasteiger partial charge in [0.25, 0.3) is 10.0 Å². The van der Waals surface area contributed by atoms with Crippen molar-refractivity contribution in [3.63, 3.8) is 0 Å². The molecule has 1 aliphatic carbocycles. The molecule has 1 aliphatic rings. The molecule has 3 rings (SSSR count). The Hall–Kier alpha value is -2.10. The fourth-order valence-corrected chi connectivity index (χ4v) is 5.65. The van der Waals surface area contributed by atoms with Crippen LogP contribution in [0, 0.1) is 0 Å². The van der Waals surface area contributed by atoms with Gasteiger partial charge >= 0.3 is 0 Å². The molecule has 2 aromatic rings. The van der Waals surface area contributed by atoms with Crippen molar-refractivity contribution in [2.75, 3.05) is 24.1 Å². The first-order valence-electron chi connectivity index (χ1n) is 9.96. The molecule has 0 heterocycles. The van der Waals surface area contributed by atoms with Crippen LogP contribution in [0.1, 0.15) is 39.0 Å². The summed E-state index contributed by atoms with van der Waals surface area (Å²) in [4.78, 5) is 0.0395. The lowest BCUT2D eigenvalue weighted by Gasteiger charge is -2.36. The molecule has 0 radical (unpaired) electrons. The quantitative estimate of drug-likeness (QED) is 0.666. The molecule has 7 nitrogen and oxygen atoms in total. The lowest BCUT2D eigenvalue weighted by Crippen LogP contribution is -2.37. The maximum absolute atomic E-state index is 12.9. The van der Waals surface area contributed by atoms with Crippen molar-refractivity contribution in [2.24, 2.45) is 0 Å². The van der Waals surface area contributed by atoms with Crippen molar-refractivity contribution < 1.29 is 16.8 Å². The van der Waals surface area contributed by atoms with E-state index >= 15 is 0 Å². The summed E-state index contributed by atoms with van der Waals surface area (Å²) < 4.78 is 54.0. The minimum atomic E-state index is -3.88. The minimum Gasteiger partial charge on any atom is -0.378 e. The summed E-state index contributed by atoms with van der Waals surface area (Å²) in [6.07, 6.45) is 5.61. The average molecular weight is 452 g/mol. The highest BCUT2D eigenvalue weighted by Gasteiger charge is 2.28. The van der Waals surface area contributed by atoms with Crippen molar-refractivity contribution in [1.29, 1.82) is 0 Å². The first-order valence-corrected chi connectivity index (χ1v) is 12.9. The number of hydrogen-bond donors (Lipinski definition) is 2. The van der Waals surface area contributed by atoms with Crippen LogP contribution in [0.4, 0.5) is 11.4 Å². The molecule has 1 saturated carbocycles. The van der Waals surface area contributed by atoms with E-state index in [0.717, 1.165) is 35.7 Å². The molecule has 1 fully saturated rings. The van der Waals surface area contributed by atoms with Gasteiger partial charge in [-0.3, -0.25) is 4.72 Å². The number of anilines is 2. The highest BCUT2D eigenvalue weighted by atomic mass is 32.2. The van der Waals surface area contributed by atoms with Crippen LogP contribution in [0.25, 0.3) is 0 Å². The van der Waals surface area contributed by atoms with Crippen LogP contribution in [0.3, 0.4) is 0 Å². The molecular weight excluding hydrogens is 422 g/mol. The van der Waals surface area contributed by atoms with E-state index in [2.05, 4.69) is 17.0 Å². The Morgan fingerprint density at radius 3 is 1.90 bits per heavy atom. The Bertz CT molecular complexity index is 1090. The fourth-order valence-electron chi connectivity index (χ4n) is 3.67. The summed E-state index contributed by atoms with van der Waals surface area (Å²) in [6, 6.07) is 12.4. The summed E-state index contributed by atoms with van der Waals surface area (Å²) in [5.41, 5.74) is 1.13. The molecule has 2 aromatic carbocycles. The Kier molecular flexibility index (Phi) is 6.45. The molecule has 0 bridgehead atoms. The second kappa shape index (κ2) is 8.56. The van der Waals surface area contributed by atoms with Gasteiger partial charge in [-0.1, -0.05) is 31.4 Å². The van der Waals surface area contributed by atoms with E-state index in [1.807, 2.05) is 12.1 Å². The predicted molar refractivity (Wildman–Crippen MR) is 120 cm³/mol. The zero-order valence-electron chi connectivity index (χ0n) is 17.6. The summed E-state index contributed by atoms with van der Waals surface area (Å²) in [6.45, 7) is 2.17. The zero-order valence-corrected chi connectivity index (χ0v) is 19.2. The van der Waals surface area contributed by atoms with Crippen LogP contribution < -0.4 is 10.0 Å². The van der Waals surface area contributed by atoms with Crippen molar-refractivity contribution in [3.05, 3.63) is 48.5 Å². The van der Waals surface area contributed by atoms with Crippen LogP contribution in [-0.2, 0) is 20.0 Å². The third-order valence-corrected chi connectivity index (χ3v) is 8.69. The van der Waals surface area contributed by atoms with Gasteiger partial charge in [0.1, 0.15) is 0 Å². The smallest absolute Gasteiger partial charge is 0.261 e. The second-order valence-electron chi connectivity index (χ2n) is 8.16. The highest BCUT2D eigenvalue weighted by molar-refractivity contribution is 7.92. The summed E-state index contributed by atoms with van der Waals surface area (Å²) in [7, 11) is -4.64. The van der Waals surface area contributed by atoms with Gasteiger partial charge in [0.2, 0.25) is 10.0 Å². The molecule has 0 amide bonds. The molecular formula is C21H29N3O4S2. The van der Waals surface area contributed by atoms with E-state index in [1.165, 1.54) is 44.8 Å². The highest BCUT2D eigenvalue weighted by Crippen LogP contribution is 2.34. The fraction of sp³-hybridized carbons (Fsp3) is 0.429. The van der Waals surface area contributed by atoms with Gasteiger partial charge in [-0.25, -0.2) is 21.1 Å². The molecule has 9 heteroatoms. The van der Waals surface area contributed by atoms with Crippen LogP contribution in [0.15, 0.2) is 58.3 Å². The van der Waals surface area contributed by atoms with Crippen molar-refractivity contribution in [2.45, 2.75) is 54.4 Å². The van der Waals surface area contributed by atoms with Gasteiger partial charge in [-0.2, -0.15) is 0 Å². The predicted octanol–water partition coefficient (Wildman–Crippen LogP) is 3.87. The zero-order chi connectivity index (χ0) is 22.0. The largest absolute Gasteiger partial charge is 0.378 e. The number of rotatable bonds is 7. The normalized spacial score (nSPS) is 16.9. The summed E-state index contributed by atoms with van der Waals surface area (Å²) in [5.74, 6) is 0. The lowest BCUT2D eigenvalue weighted by molar-refractivity contribution is 0.349. The van der Waals surface area contributed by atoms with Crippen molar-refractivity contribution in [1.82, 2.24) is 4.31 Å². The number of nitrogens with zero attached hydrogens (tertiary/aromatic N) is 1. The van der Waals surface area contributed by atoms with Crippen molar-refractivity contribution >= 4 is 31.4 Å². The van der Waals surface area contributed by atoms with Crippen LogP contribution >= 0.6 is 0 Å². The van der Waals surface area contributed by atoms with Crippen molar-refractivity contribution in [3.8, 4) is 0 Å². The SMILES string of the molecule is CN(C)S(=O)(=O)c1ccc(S(=O)(=O)Nc2ccccc2NC2(C)CCCCC2)cc1. The number of para-hydroxylation sites is 2. The molecule has 0 atom stereocenters. The maximum atomic E-state index is 12.9. The van der Waals surface area contributed by atoms with Crippen LogP contribution in [0.2, 0.25) is 0 Å². The molecule has 30 heavy (non-hydrogen) atoms. The van der Waals surface area contributed by atoms with E-state index in [9.17, 15) is 16.8 Å². The Balaban J connectivity index is 1.84. The molecule has 0 aliphatic heterocycles. The molecule has 2 N–H and O–H groups in total.